The Morgan fingerprint density at radius 3 is 2.85 bits per heavy atom. The Morgan fingerprint density at radius 2 is 2.25 bits per heavy atom. The van der Waals surface area contributed by atoms with Crippen LogP contribution >= 0.6 is 0 Å². The van der Waals surface area contributed by atoms with Crippen molar-refractivity contribution in [2.45, 2.75) is 6.54 Å². The average Bonchev–Trinajstić information content (AvgIpc) is 2.91. The number of nitrogens with one attached hydrogen (secondary N) is 1. The van der Waals surface area contributed by atoms with Crippen LogP contribution in [-0.2, 0) is 6.54 Å². The second-order valence-electron chi connectivity index (χ2n) is 3.96. The van der Waals surface area contributed by atoms with Crippen LogP contribution in [0, 0.1) is 10.1 Å². The lowest BCUT2D eigenvalue weighted by Gasteiger charge is -2.10. The first-order valence-corrected chi connectivity index (χ1v) is 5.81. The number of nitrogens with zero attached hydrogens (tertiary/aromatic N) is 3. The van der Waals surface area contributed by atoms with Gasteiger partial charge in [-0.3, -0.25) is 14.8 Å². The van der Waals surface area contributed by atoms with E-state index in [9.17, 15) is 14.9 Å². The van der Waals surface area contributed by atoms with Crippen LogP contribution in [0.15, 0.2) is 36.7 Å². The van der Waals surface area contributed by atoms with Crippen molar-refractivity contribution in [3.8, 4) is 0 Å². The van der Waals surface area contributed by atoms with Crippen molar-refractivity contribution in [1.29, 1.82) is 0 Å². The van der Waals surface area contributed by atoms with E-state index in [2.05, 4.69) is 10.4 Å². The van der Waals surface area contributed by atoms with Crippen LogP contribution in [0.1, 0.15) is 10.4 Å². The molecule has 0 saturated heterocycles. The smallest absolute Gasteiger partial charge is 0.338 e. The number of nitro benzene ring substituents is 1. The van der Waals surface area contributed by atoms with E-state index >= 15 is 0 Å². The number of para-hydroxylation sites is 1. The van der Waals surface area contributed by atoms with E-state index in [4.69, 9.17) is 5.11 Å². The third kappa shape index (κ3) is 2.91. The van der Waals surface area contributed by atoms with Gasteiger partial charge in [0.2, 0.25) is 0 Å². The SMILES string of the molecule is O=C(O)c1cccc([N+](=O)[O-])c1NCCn1cccn1. The van der Waals surface area contributed by atoms with E-state index in [-0.39, 0.29) is 16.9 Å². The summed E-state index contributed by atoms with van der Waals surface area (Å²) in [6.07, 6.45) is 3.37. The molecule has 20 heavy (non-hydrogen) atoms. The van der Waals surface area contributed by atoms with E-state index in [0.717, 1.165) is 0 Å². The van der Waals surface area contributed by atoms with E-state index in [1.54, 1.807) is 23.1 Å². The van der Waals surface area contributed by atoms with Gasteiger partial charge in [-0.1, -0.05) is 6.07 Å². The third-order valence-electron chi connectivity index (χ3n) is 2.67. The summed E-state index contributed by atoms with van der Waals surface area (Å²) < 4.78 is 1.64. The molecule has 8 nitrogen and oxygen atoms in total. The Labute approximate surface area is 113 Å². The number of carbonyl (C=O) groups is 1. The van der Waals surface area contributed by atoms with Gasteiger partial charge < -0.3 is 10.4 Å². The normalized spacial score (nSPS) is 10.2. The van der Waals surface area contributed by atoms with Crippen molar-refractivity contribution in [2.24, 2.45) is 0 Å². The molecule has 0 radical (unpaired) electrons. The minimum Gasteiger partial charge on any atom is -0.478 e. The third-order valence-corrected chi connectivity index (χ3v) is 2.67. The Kier molecular flexibility index (Phi) is 3.94. The lowest BCUT2D eigenvalue weighted by Crippen LogP contribution is -2.14. The van der Waals surface area contributed by atoms with Gasteiger partial charge in [0.05, 0.1) is 17.0 Å². The highest BCUT2D eigenvalue weighted by Gasteiger charge is 2.20. The lowest BCUT2D eigenvalue weighted by molar-refractivity contribution is -0.384. The summed E-state index contributed by atoms with van der Waals surface area (Å²) in [4.78, 5) is 21.4. The summed E-state index contributed by atoms with van der Waals surface area (Å²) in [6.45, 7) is 0.797. The average molecular weight is 276 g/mol. The molecule has 0 bridgehead atoms. The maximum atomic E-state index is 11.1. The number of hydrogen-bond donors (Lipinski definition) is 2. The molecule has 1 aromatic heterocycles. The number of benzene rings is 1. The van der Waals surface area contributed by atoms with E-state index in [1.165, 1.54) is 18.2 Å². The molecule has 0 atom stereocenters. The van der Waals surface area contributed by atoms with Gasteiger partial charge in [-0.2, -0.15) is 5.10 Å². The first-order valence-electron chi connectivity index (χ1n) is 5.81. The monoisotopic (exact) mass is 276 g/mol. The second kappa shape index (κ2) is 5.83. The highest BCUT2D eigenvalue weighted by molar-refractivity contribution is 5.96. The van der Waals surface area contributed by atoms with Crippen LogP contribution in [-0.4, -0.2) is 32.3 Å². The van der Waals surface area contributed by atoms with Gasteiger partial charge >= 0.3 is 5.97 Å². The molecule has 2 rings (SSSR count). The predicted octanol–water partition coefficient (Wildman–Crippen LogP) is 1.60. The van der Waals surface area contributed by atoms with Crippen LogP contribution in [0.5, 0.6) is 0 Å². The number of carboxylic acid groups (broad SMARTS) is 1. The molecular formula is C12H12N4O4. The van der Waals surface area contributed by atoms with Crippen molar-refractivity contribution in [3.05, 3.63) is 52.3 Å². The molecule has 1 aromatic carbocycles. The minimum atomic E-state index is -1.21. The van der Waals surface area contributed by atoms with Gasteiger partial charge in [-0.05, 0) is 12.1 Å². The fourth-order valence-electron chi connectivity index (χ4n) is 1.78. The molecule has 0 fully saturated rings. The highest BCUT2D eigenvalue weighted by Crippen LogP contribution is 2.28. The Bertz CT molecular complexity index is 592. The molecular weight excluding hydrogens is 264 g/mol. The second-order valence-corrected chi connectivity index (χ2v) is 3.96. The van der Waals surface area contributed by atoms with Gasteiger partial charge in [0, 0.05) is 25.0 Å². The number of rotatable bonds is 6. The zero-order valence-electron chi connectivity index (χ0n) is 10.4. The summed E-state index contributed by atoms with van der Waals surface area (Å²) in [5.74, 6) is -1.21. The molecule has 2 aromatic rings. The van der Waals surface area contributed by atoms with Gasteiger partial charge in [0.15, 0.2) is 0 Å². The van der Waals surface area contributed by atoms with E-state index in [1.807, 2.05) is 0 Å². The number of aromatic carboxylic acids is 1. The first-order chi connectivity index (χ1) is 9.59. The number of nitro groups is 1. The molecule has 1 heterocycles. The number of hydrogen-bond acceptors (Lipinski definition) is 5. The zero-order chi connectivity index (χ0) is 14.5. The topological polar surface area (TPSA) is 110 Å². The maximum absolute atomic E-state index is 11.1. The Morgan fingerprint density at radius 1 is 1.45 bits per heavy atom. The molecule has 0 spiro atoms. The number of aromatic nitrogens is 2. The molecule has 0 saturated carbocycles. The fraction of sp³-hybridized carbons (Fsp3) is 0.167. The molecule has 104 valence electrons. The molecule has 0 aliphatic heterocycles. The van der Waals surface area contributed by atoms with Crippen LogP contribution in [0.2, 0.25) is 0 Å². The zero-order valence-corrected chi connectivity index (χ0v) is 10.4. The van der Waals surface area contributed by atoms with Crippen molar-refractivity contribution < 1.29 is 14.8 Å². The van der Waals surface area contributed by atoms with E-state index in [0.29, 0.717) is 13.1 Å². The predicted molar refractivity (Wildman–Crippen MR) is 70.8 cm³/mol. The quantitative estimate of drug-likeness (QED) is 0.612. The number of anilines is 1. The molecule has 0 unspecified atom stereocenters. The molecule has 0 aliphatic carbocycles. The van der Waals surface area contributed by atoms with Crippen LogP contribution in [0.4, 0.5) is 11.4 Å². The van der Waals surface area contributed by atoms with Crippen LogP contribution in [0.25, 0.3) is 0 Å². The number of carboxylic acids is 1. The molecule has 0 amide bonds. The summed E-state index contributed by atoms with van der Waals surface area (Å²) in [5, 5.41) is 26.8. The standard InChI is InChI=1S/C12H12N4O4/c17-12(18)9-3-1-4-10(16(19)20)11(9)13-6-8-15-7-2-5-14-15/h1-5,7,13H,6,8H2,(H,17,18). The van der Waals surface area contributed by atoms with Crippen molar-refractivity contribution in [1.82, 2.24) is 9.78 Å². The summed E-state index contributed by atoms with van der Waals surface area (Å²) in [6, 6.07) is 5.70. The van der Waals surface area contributed by atoms with Gasteiger partial charge in [-0.15, -0.1) is 0 Å². The van der Waals surface area contributed by atoms with Gasteiger partial charge in [-0.25, -0.2) is 4.79 Å². The summed E-state index contributed by atoms with van der Waals surface area (Å²) >= 11 is 0. The fourth-order valence-corrected chi connectivity index (χ4v) is 1.78. The van der Waals surface area contributed by atoms with Crippen molar-refractivity contribution in [3.63, 3.8) is 0 Å². The minimum absolute atomic E-state index is 0.0113. The first kappa shape index (κ1) is 13.5. The van der Waals surface area contributed by atoms with Crippen molar-refractivity contribution >= 4 is 17.3 Å². The summed E-state index contributed by atoms with van der Waals surface area (Å²) in [5.41, 5.74) is -0.373. The van der Waals surface area contributed by atoms with Crippen LogP contribution < -0.4 is 5.32 Å². The lowest BCUT2D eigenvalue weighted by atomic mass is 10.1. The Hall–Kier alpha value is -2.90. The van der Waals surface area contributed by atoms with Crippen molar-refractivity contribution in [2.75, 3.05) is 11.9 Å². The Balaban J connectivity index is 2.19. The maximum Gasteiger partial charge on any atom is 0.338 e. The highest BCUT2D eigenvalue weighted by atomic mass is 16.6. The molecule has 0 aliphatic rings. The van der Waals surface area contributed by atoms with Gasteiger partial charge in [0.1, 0.15) is 5.69 Å². The van der Waals surface area contributed by atoms with E-state index < -0.39 is 10.9 Å². The van der Waals surface area contributed by atoms with Crippen LogP contribution in [0.3, 0.4) is 0 Å². The summed E-state index contributed by atoms with van der Waals surface area (Å²) in [7, 11) is 0. The largest absolute Gasteiger partial charge is 0.478 e. The van der Waals surface area contributed by atoms with Gasteiger partial charge in [0.25, 0.3) is 5.69 Å². The molecule has 8 heteroatoms. The molecule has 2 N–H and O–H groups in total.